The first-order chi connectivity index (χ1) is 11.6. The highest BCUT2D eigenvalue weighted by molar-refractivity contribution is 6.30. The van der Waals surface area contributed by atoms with E-state index in [1.54, 1.807) is 30.3 Å². The van der Waals surface area contributed by atoms with Gasteiger partial charge in [-0.15, -0.1) is 0 Å². The molecular formula is C18H18ClFN2O2. The molecule has 0 spiro atoms. The van der Waals surface area contributed by atoms with Crippen molar-refractivity contribution < 1.29 is 13.9 Å². The van der Waals surface area contributed by atoms with Crippen LogP contribution in [-0.2, 0) is 9.53 Å². The Labute approximate surface area is 145 Å². The molecule has 126 valence electrons. The molecule has 0 aliphatic carbocycles. The van der Waals surface area contributed by atoms with E-state index in [1.165, 1.54) is 12.1 Å². The van der Waals surface area contributed by atoms with Gasteiger partial charge in [0.05, 0.1) is 12.6 Å². The van der Waals surface area contributed by atoms with E-state index in [1.807, 2.05) is 6.07 Å². The number of halogens is 2. The maximum Gasteiger partial charge on any atom is 0.251 e. The van der Waals surface area contributed by atoms with E-state index < -0.39 is 12.1 Å². The predicted octanol–water partition coefficient (Wildman–Crippen LogP) is 2.67. The number of carbonyl (C=O) groups excluding carboxylic acids is 1. The van der Waals surface area contributed by atoms with Crippen LogP contribution in [0.15, 0.2) is 48.5 Å². The van der Waals surface area contributed by atoms with Crippen molar-refractivity contribution in [3.63, 3.8) is 0 Å². The lowest BCUT2D eigenvalue weighted by Crippen LogP contribution is -2.48. The molecule has 2 aromatic carbocycles. The summed E-state index contributed by atoms with van der Waals surface area (Å²) in [5.74, 6) is -0.596. The van der Waals surface area contributed by atoms with Crippen LogP contribution in [0.4, 0.5) is 4.39 Å². The number of amides is 1. The molecule has 6 heteroatoms. The SMILES string of the molecule is O=C(NC(c1cccc(F)c1)c1cccc(Cl)c1)C1CNCCO1. The van der Waals surface area contributed by atoms with Crippen LogP contribution in [0.1, 0.15) is 17.2 Å². The zero-order valence-corrected chi connectivity index (χ0v) is 13.7. The third-order valence-electron chi connectivity index (χ3n) is 3.87. The van der Waals surface area contributed by atoms with E-state index in [2.05, 4.69) is 10.6 Å². The lowest BCUT2D eigenvalue weighted by molar-refractivity contribution is -0.134. The quantitative estimate of drug-likeness (QED) is 0.893. The number of benzene rings is 2. The molecule has 0 aromatic heterocycles. The molecule has 4 nitrogen and oxygen atoms in total. The zero-order valence-electron chi connectivity index (χ0n) is 13.0. The smallest absolute Gasteiger partial charge is 0.251 e. The third-order valence-corrected chi connectivity index (χ3v) is 4.11. The maximum absolute atomic E-state index is 13.6. The van der Waals surface area contributed by atoms with Gasteiger partial charge in [-0.2, -0.15) is 0 Å². The van der Waals surface area contributed by atoms with Gasteiger partial charge in [-0.05, 0) is 35.4 Å². The van der Waals surface area contributed by atoms with E-state index in [0.717, 1.165) is 12.1 Å². The molecule has 0 saturated carbocycles. The average molecular weight is 349 g/mol. The molecular weight excluding hydrogens is 331 g/mol. The summed E-state index contributed by atoms with van der Waals surface area (Å²) in [6.45, 7) is 1.67. The molecule has 3 rings (SSSR count). The van der Waals surface area contributed by atoms with Gasteiger partial charge in [-0.25, -0.2) is 4.39 Å². The van der Waals surface area contributed by atoms with Gasteiger partial charge in [0.15, 0.2) is 0 Å². The highest BCUT2D eigenvalue weighted by Gasteiger charge is 2.25. The Kier molecular flexibility index (Phi) is 5.45. The van der Waals surface area contributed by atoms with Crippen molar-refractivity contribution in [2.24, 2.45) is 0 Å². The van der Waals surface area contributed by atoms with Crippen LogP contribution in [0.2, 0.25) is 5.02 Å². The van der Waals surface area contributed by atoms with E-state index in [-0.39, 0.29) is 11.7 Å². The Morgan fingerprint density at radius 2 is 2.00 bits per heavy atom. The van der Waals surface area contributed by atoms with Crippen molar-refractivity contribution in [3.05, 3.63) is 70.5 Å². The fourth-order valence-corrected chi connectivity index (χ4v) is 2.90. The highest BCUT2D eigenvalue weighted by atomic mass is 35.5. The van der Waals surface area contributed by atoms with Crippen molar-refractivity contribution in [1.82, 2.24) is 10.6 Å². The first kappa shape index (κ1) is 16.9. The Morgan fingerprint density at radius 3 is 2.67 bits per heavy atom. The van der Waals surface area contributed by atoms with Gasteiger partial charge in [0.1, 0.15) is 11.9 Å². The summed E-state index contributed by atoms with van der Waals surface area (Å²) in [5.41, 5.74) is 1.43. The molecule has 2 aromatic rings. The van der Waals surface area contributed by atoms with Gasteiger partial charge in [0, 0.05) is 18.1 Å². The largest absolute Gasteiger partial charge is 0.366 e. The molecule has 1 saturated heterocycles. The maximum atomic E-state index is 13.6. The van der Waals surface area contributed by atoms with E-state index in [0.29, 0.717) is 23.7 Å². The van der Waals surface area contributed by atoms with Gasteiger partial charge in [0.2, 0.25) is 0 Å². The molecule has 0 bridgehead atoms. The summed E-state index contributed by atoms with van der Waals surface area (Å²) in [5, 5.41) is 6.62. The van der Waals surface area contributed by atoms with Crippen LogP contribution in [-0.4, -0.2) is 31.7 Å². The molecule has 0 radical (unpaired) electrons. The summed E-state index contributed by atoms with van der Waals surface area (Å²) in [7, 11) is 0. The molecule has 1 fully saturated rings. The number of hydrogen-bond donors (Lipinski definition) is 2. The number of ether oxygens (including phenoxy) is 1. The van der Waals surface area contributed by atoms with Crippen LogP contribution in [0.3, 0.4) is 0 Å². The summed E-state index contributed by atoms with van der Waals surface area (Å²) in [4.78, 5) is 12.5. The lowest BCUT2D eigenvalue weighted by atomic mass is 9.98. The second-order valence-electron chi connectivity index (χ2n) is 5.62. The Balaban J connectivity index is 1.88. The normalized spacial score (nSPS) is 18.8. The summed E-state index contributed by atoms with van der Waals surface area (Å²) >= 11 is 6.07. The molecule has 2 atom stereocenters. The number of carbonyl (C=O) groups is 1. The molecule has 1 aliphatic rings. The van der Waals surface area contributed by atoms with Crippen molar-refractivity contribution >= 4 is 17.5 Å². The molecule has 2 unspecified atom stereocenters. The monoisotopic (exact) mass is 348 g/mol. The van der Waals surface area contributed by atoms with Gasteiger partial charge >= 0.3 is 0 Å². The van der Waals surface area contributed by atoms with Gasteiger partial charge < -0.3 is 15.4 Å². The minimum absolute atomic E-state index is 0.239. The number of morpholine rings is 1. The summed E-state index contributed by atoms with van der Waals surface area (Å²) < 4.78 is 19.1. The Hall–Kier alpha value is -1.95. The zero-order chi connectivity index (χ0) is 16.9. The third kappa shape index (κ3) is 4.12. The second-order valence-corrected chi connectivity index (χ2v) is 6.05. The molecule has 1 aliphatic heterocycles. The van der Waals surface area contributed by atoms with Crippen molar-refractivity contribution in [3.8, 4) is 0 Å². The minimum Gasteiger partial charge on any atom is -0.366 e. The molecule has 24 heavy (non-hydrogen) atoms. The number of hydrogen-bond acceptors (Lipinski definition) is 3. The minimum atomic E-state index is -0.561. The van der Waals surface area contributed by atoms with Gasteiger partial charge in [-0.3, -0.25) is 4.79 Å². The van der Waals surface area contributed by atoms with Crippen LogP contribution in [0.5, 0.6) is 0 Å². The Morgan fingerprint density at radius 1 is 1.25 bits per heavy atom. The van der Waals surface area contributed by atoms with Crippen LogP contribution in [0.25, 0.3) is 0 Å². The van der Waals surface area contributed by atoms with E-state index in [9.17, 15) is 9.18 Å². The van der Waals surface area contributed by atoms with E-state index in [4.69, 9.17) is 16.3 Å². The lowest BCUT2D eigenvalue weighted by Gasteiger charge is -2.26. The predicted molar refractivity (Wildman–Crippen MR) is 90.4 cm³/mol. The van der Waals surface area contributed by atoms with Crippen molar-refractivity contribution in [1.29, 1.82) is 0 Å². The van der Waals surface area contributed by atoms with Crippen LogP contribution < -0.4 is 10.6 Å². The molecule has 1 heterocycles. The van der Waals surface area contributed by atoms with Crippen molar-refractivity contribution in [2.45, 2.75) is 12.1 Å². The summed E-state index contributed by atoms with van der Waals surface area (Å²) in [6.07, 6.45) is -0.561. The summed E-state index contributed by atoms with van der Waals surface area (Å²) in [6, 6.07) is 12.8. The van der Waals surface area contributed by atoms with Gasteiger partial charge in [0.25, 0.3) is 5.91 Å². The van der Waals surface area contributed by atoms with Gasteiger partial charge in [-0.1, -0.05) is 35.9 Å². The van der Waals surface area contributed by atoms with Crippen molar-refractivity contribution in [2.75, 3.05) is 19.7 Å². The van der Waals surface area contributed by atoms with Crippen LogP contribution >= 0.6 is 11.6 Å². The highest BCUT2D eigenvalue weighted by Crippen LogP contribution is 2.25. The number of rotatable bonds is 4. The topological polar surface area (TPSA) is 50.4 Å². The standard InChI is InChI=1S/C18H18ClFN2O2/c19-14-5-1-3-12(9-14)17(13-4-2-6-15(20)10-13)22-18(23)16-11-21-7-8-24-16/h1-6,9-10,16-17,21H,7-8,11H2,(H,22,23). The van der Waals surface area contributed by atoms with E-state index >= 15 is 0 Å². The average Bonchev–Trinajstić information content (AvgIpc) is 2.60. The fraction of sp³-hybridized carbons (Fsp3) is 0.278. The molecule has 2 N–H and O–H groups in total. The van der Waals surface area contributed by atoms with Crippen LogP contribution in [0, 0.1) is 5.82 Å². The first-order valence-electron chi connectivity index (χ1n) is 7.77. The number of nitrogens with one attached hydrogen (secondary N) is 2. The first-order valence-corrected chi connectivity index (χ1v) is 8.15. The fourth-order valence-electron chi connectivity index (χ4n) is 2.70. The Bertz CT molecular complexity index is 674. The molecule has 1 amide bonds. The second kappa shape index (κ2) is 7.75.